The van der Waals surface area contributed by atoms with Crippen LogP contribution in [-0.2, 0) is 6.42 Å². The summed E-state index contributed by atoms with van der Waals surface area (Å²) >= 11 is 1.53. The Hall–Kier alpha value is -2.54. The molecule has 0 aliphatic heterocycles. The summed E-state index contributed by atoms with van der Waals surface area (Å²) in [6.07, 6.45) is 3.28. The van der Waals surface area contributed by atoms with E-state index in [9.17, 15) is 0 Å². The van der Waals surface area contributed by atoms with Crippen molar-refractivity contribution < 1.29 is 0 Å². The molecule has 0 aliphatic rings. The average Bonchev–Trinajstić information content (AvgIpc) is 3.03. The molecular formula is C17H20N6S. The van der Waals surface area contributed by atoms with Crippen LogP contribution >= 0.6 is 11.3 Å². The lowest BCUT2D eigenvalue weighted by atomic mass is 10.2. The predicted octanol–water partition coefficient (Wildman–Crippen LogP) is 3.87. The van der Waals surface area contributed by atoms with E-state index >= 15 is 0 Å². The van der Waals surface area contributed by atoms with Crippen molar-refractivity contribution in [2.45, 2.75) is 32.7 Å². The Bertz CT molecular complexity index is 774. The van der Waals surface area contributed by atoms with E-state index in [0.717, 1.165) is 33.8 Å². The van der Waals surface area contributed by atoms with Gasteiger partial charge in [0.25, 0.3) is 0 Å². The molecule has 6 nitrogen and oxygen atoms in total. The van der Waals surface area contributed by atoms with Gasteiger partial charge in [-0.1, -0.05) is 36.5 Å². The van der Waals surface area contributed by atoms with Crippen molar-refractivity contribution >= 4 is 28.0 Å². The Morgan fingerprint density at radius 2 is 1.96 bits per heavy atom. The Labute approximate surface area is 145 Å². The van der Waals surface area contributed by atoms with E-state index in [2.05, 4.69) is 44.6 Å². The monoisotopic (exact) mass is 340 g/mol. The molecule has 0 amide bonds. The number of para-hydroxylation sites is 1. The van der Waals surface area contributed by atoms with Crippen LogP contribution in [0.15, 0.2) is 42.7 Å². The molecule has 2 N–H and O–H groups in total. The molecule has 0 bridgehead atoms. The van der Waals surface area contributed by atoms with Crippen molar-refractivity contribution in [1.82, 2.24) is 20.2 Å². The van der Waals surface area contributed by atoms with E-state index in [0.29, 0.717) is 12.5 Å². The van der Waals surface area contributed by atoms with Crippen LogP contribution < -0.4 is 10.6 Å². The average molecular weight is 340 g/mol. The minimum absolute atomic E-state index is 0.385. The molecule has 0 saturated heterocycles. The highest BCUT2D eigenvalue weighted by Gasteiger charge is 2.08. The van der Waals surface area contributed by atoms with Gasteiger partial charge in [0.05, 0.1) is 5.69 Å². The zero-order valence-electron chi connectivity index (χ0n) is 13.7. The van der Waals surface area contributed by atoms with Gasteiger partial charge in [-0.3, -0.25) is 0 Å². The van der Waals surface area contributed by atoms with Crippen LogP contribution in [0, 0.1) is 0 Å². The molecule has 7 heteroatoms. The molecule has 124 valence electrons. The minimum atomic E-state index is 0.385. The van der Waals surface area contributed by atoms with Crippen LogP contribution in [0.2, 0.25) is 0 Å². The van der Waals surface area contributed by atoms with Gasteiger partial charge in [0.15, 0.2) is 0 Å². The van der Waals surface area contributed by atoms with Gasteiger partial charge in [0.1, 0.15) is 17.2 Å². The van der Waals surface area contributed by atoms with Crippen LogP contribution in [0.3, 0.4) is 0 Å². The Morgan fingerprint density at radius 3 is 2.75 bits per heavy atom. The van der Waals surface area contributed by atoms with Gasteiger partial charge in [0, 0.05) is 24.2 Å². The first-order chi connectivity index (χ1) is 11.7. The number of hydrogen-bond donors (Lipinski definition) is 2. The van der Waals surface area contributed by atoms with Gasteiger partial charge in [-0.05, 0) is 25.5 Å². The molecule has 2 heterocycles. The van der Waals surface area contributed by atoms with E-state index in [1.165, 1.54) is 11.3 Å². The van der Waals surface area contributed by atoms with Crippen molar-refractivity contribution in [2.75, 3.05) is 10.6 Å². The maximum Gasteiger partial charge on any atom is 0.210 e. The fraction of sp³-hybridized carbons (Fsp3) is 0.294. The van der Waals surface area contributed by atoms with Gasteiger partial charge < -0.3 is 10.6 Å². The molecule has 3 rings (SSSR count). The molecular weight excluding hydrogens is 320 g/mol. The molecule has 0 fully saturated rings. The fourth-order valence-electron chi connectivity index (χ4n) is 2.10. The largest absolute Gasteiger partial charge is 0.368 e. The third-order valence-corrected chi connectivity index (χ3v) is 4.39. The predicted molar refractivity (Wildman–Crippen MR) is 97.8 cm³/mol. The summed E-state index contributed by atoms with van der Waals surface area (Å²) in [6.45, 7) is 4.27. The van der Waals surface area contributed by atoms with Crippen molar-refractivity contribution in [2.24, 2.45) is 0 Å². The molecule has 1 aromatic carbocycles. The minimum Gasteiger partial charge on any atom is -0.368 e. The number of benzene rings is 1. The Morgan fingerprint density at radius 1 is 1.12 bits per heavy atom. The van der Waals surface area contributed by atoms with Crippen LogP contribution in [0.5, 0.6) is 0 Å². The van der Waals surface area contributed by atoms with Gasteiger partial charge in [-0.25, -0.2) is 9.97 Å². The van der Waals surface area contributed by atoms with E-state index in [1.807, 2.05) is 36.4 Å². The number of hydrogen-bond acceptors (Lipinski definition) is 7. The molecule has 0 radical (unpaired) electrons. The smallest absolute Gasteiger partial charge is 0.210 e. The number of aromatic nitrogens is 4. The van der Waals surface area contributed by atoms with Crippen LogP contribution in [-0.4, -0.2) is 26.2 Å². The Balaban J connectivity index is 1.65. The summed E-state index contributed by atoms with van der Waals surface area (Å²) in [5.74, 6) is 0.849. The van der Waals surface area contributed by atoms with E-state index in [-0.39, 0.29) is 0 Å². The quantitative estimate of drug-likeness (QED) is 0.680. The molecule has 2 aromatic heterocycles. The summed E-state index contributed by atoms with van der Waals surface area (Å²) in [5, 5.41) is 16.7. The topological polar surface area (TPSA) is 75.6 Å². The lowest BCUT2D eigenvalue weighted by molar-refractivity contribution is 0.757. The number of anilines is 3. The fourth-order valence-corrected chi connectivity index (χ4v) is 2.88. The zero-order chi connectivity index (χ0) is 16.8. The first-order valence-corrected chi connectivity index (χ1v) is 8.76. The highest BCUT2D eigenvalue weighted by molar-refractivity contribution is 7.15. The lowest BCUT2D eigenvalue weighted by Gasteiger charge is -2.11. The van der Waals surface area contributed by atoms with Gasteiger partial charge >= 0.3 is 0 Å². The van der Waals surface area contributed by atoms with Crippen LogP contribution in [0.4, 0.5) is 16.6 Å². The van der Waals surface area contributed by atoms with Crippen LogP contribution in [0.1, 0.15) is 31.0 Å². The van der Waals surface area contributed by atoms with E-state index in [4.69, 9.17) is 0 Å². The molecule has 3 aromatic rings. The van der Waals surface area contributed by atoms with Crippen molar-refractivity contribution in [3.8, 4) is 0 Å². The third kappa shape index (κ3) is 4.48. The standard InChI is InChI=1S/C17H20N6S/c1-3-12(2)20-15-9-14(18-11-19-15)10-16-22-23-17(24-16)21-13-7-5-4-6-8-13/h4-9,11-12H,3,10H2,1-2H3,(H,21,23)(H,18,19,20). The number of nitrogens with one attached hydrogen (secondary N) is 2. The SMILES string of the molecule is CCC(C)Nc1cc(Cc2nnc(Nc3ccccc3)s2)ncn1. The van der Waals surface area contributed by atoms with Crippen molar-refractivity contribution in [1.29, 1.82) is 0 Å². The van der Waals surface area contributed by atoms with E-state index in [1.54, 1.807) is 6.33 Å². The van der Waals surface area contributed by atoms with Crippen molar-refractivity contribution in [3.05, 3.63) is 53.4 Å². The van der Waals surface area contributed by atoms with Gasteiger partial charge in [-0.2, -0.15) is 0 Å². The molecule has 1 unspecified atom stereocenters. The number of nitrogens with zero attached hydrogens (tertiary/aromatic N) is 4. The lowest BCUT2D eigenvalue weighted by Crippen LogP contribution is -2.14. The molecule has 0 aliphatic carbocycles. The van der Waals surface area contributed by atoms with Gasteiger partial charge in [0.2, 0.25) is 5.13 Å². The summed E-state index contributed by atoms with van der Waals surface area (Å²) in [5.41, 5.74) is 1.93. The second kappa shape index (κ2) is 7.83. The van der Waals surface area contributed by atoms with E-state index < -0.39 is 0 Å². The zero-order valence-corrected chi connectivity index (χ0v) is 14.5. The third-order valence-electron chi connectivity index (χ3n) is 3.55. The van der Waals surface area contributed by atoms with Gasteiger partial charge in [-0.15, -0.1) is 10.2 Å². The first-order valence-electron chi connectivity index (χ1n) is 7.95. The first kappa shape index (κ1) is 16.3. The molecule has 1 atom stereocenters. The normalized spacial score (nSPS) is 11.9. The highest BCUT2D eigenvalue weighted by atomic mass is 32.1. The highest BCUT2D eigenvalue weighted by Crippen LogP contribution is 2.22. The number of rotatable bonds is 7. The summed E-state index contributed by atoms with van der Waals surface area (Å²) in [4.78, 5) is 8.59. The van der Waals surface area contributed by atoms with Crippen molar-refractivity contribution in [3.63, 3.8) is 0 Å². The summed E-state index contributed by atoms with van der Waals surface area (Å²) in [6, 6.07) is 12.3. The second-order valence-corrected chi connectivity index (χ2v) is 6.58. The molecule has 0 saturated carbocycles. The maximum absolute atomic E-state index is 4.33. The summed E-state index contributed by atoms with van der Waals surface area (Å²) < 4.78 is 0. The maximum atomic E-state index is 4.33. The second-order valence-electron chi connectivity index (χ2n) is 5.52. The Kier molecular flexibility index (Phi) is 5.32. The van der Waals surface area contributed by atoms with Crippen LogP contribution in [0.25, 0.3) is 0 Å². The molecule has 0 spiro atoms. The molecule has 24 heavy (non-hydrogen) atoms. The summed E-state index contributed by atoms with van der Waals surface area (Å²) in [7, 11) is 0.